The predicted octanol–water partition coefficient (Wildman–Crippen LogP) is 2.83. The summed E-state index contributed by atoms with van der Waals surface area (Å²) in [7, 11) is 5.38. The molecule has 0 radical (unpaired) electrons. The smallest absolute Gasteiger partial charge is 0.0223 e. The molecule has 0 aliphatic rings. The Hall–Kier alpha value is 0.790. The van der Waals surface area contributed by atoms with Gasteiger partial charge in [-0.2, -0.15) is 0 Å². The Morgan fingerprint density at radius 1 is 1.71 bits per heavy atom. The molecule has 0 atom stereocenters. The molecule has 0 nitrogen and oxygen atoms in total. The normalized spacial score (nSPS) is 8.71. The molecular formula is C4H8S3. The summed E-state index contributed by atoms with van der Waals surface area (Å²) in [4.78, 5) is 0. The van der Waals surface area contributed by atoms with E-state index in [1.807, 2.05) is 16.9 Å². The van der Waals surface area contributed by atoms with E-state index in [1.165, 1.54) is 0 Å². The zero-order valence-corrected chi connectivity index (χ0v) is 6.67. The van der Waals surface area contributed by atoms with Crippen LogP contribution in [0.15, 0.2) is 12.7 Å². The largest absolute Gasteiger partial charge is 0.102 e. The molecule has 0 aliphatic heterocycles. The molecule has 0 bridgehead atoms. The van der Waals surface area contributed by atoms with Crippen molar-refractivity contribution in [3.8, 4) is 0 Å². The standard InChI is InChI=1S/C4H8S3/c1-3-4-6-7-5-2/h3H,1,4H2,2H3. The van der Waals surface area contributed by atoms with Gasteiger partial charge in [0.1, 0.15) is 0 Å². The van der Waals surface area contributed by atoms with E-state index < -0.39 is 0 Å². The highest BCUT2D eigenvalue weighted by molar-refractivity contribution is 9.09. The topological polar surface area (TPSA) is 0 Å². The van der Waals surface area contributed by atoms with Gasteiger partial charge in [-0.15, -0.1) is 6.58 Å². The van der Waals surface area contributed by atoms with Crippen LogP contribution in [0.5, 0.6) is 0 Å². The van der Waals surface area contributed by atoms with Gasteiger partial charge in [0.05, 0.1) is 0 Å². The minimum atomic E-state index is 1.05. The summed E-state index contributed by atoms with van der Waals surface area (Å²) in [5.41, 5.74) is 0. The number of rotatable bonds is 4. The maximum atomic E-state index is 3.59. The molecule has 0 saturated heterocycles. The minimum Gasteiger partial charge on any atom is -0.102 e. The lowest BCUT2D eigenvalue weighted by Gasteiger charge is -1.86. The van der Waals surface area contributed by atoms with Crippen molar-refractivity contribution in [1.82, 2.24) is 0 Å². The second-order valence-electron chi connectivity index (χ2n) is 0.808. The fraction of sp³-hybridized carbons (Fsp3) is 0.500. The van der Waals surface area contributed by atoms with Crippen molar-refractivity contribution in [2.45, 2.75) is 0 Å². The minimum absolute atomic E-state index is 1.05. The SMILES string of the molecule is C=CCSSSC. The van der Waals surface area contributed by atoms with Crippen LogP contribution >= 0.6 is 31.4 Å². The zero-order chi connectivity index (χ0) is 5.54. The first-order chi connectivity index (χ1) is 3.41. The summed E-state index contributed by atoms with van der Waals surface area (Å²) < 4.78 is 0. The van der Waals surface area contributed by atoms with Crippen LogP contribution in [0.4, 0.5) is 0 Å². The lowest BCUT2D eigenvalue weighted by Crippen LogP contribution is -1.55. The van der Waals surface area contributed by atoms with Gasteiger partial charge in [0, 0.05) is 5.75 Å². The molecule has 0 saturated carbocycles. The fourth-order valence-electron chi connectivity index (χ4n) is 0.124. The van der Waals surface area contributed by atoms with E-state index >= 15 is 0 Å². The van der Waals surface area contributed by atoms with E-state index in [9.17, 15) is 0 Å². The number of hydrogen-bond acceptors (Lipinski definition) is 3. The summed E-state index contributed by atoms with van der Waals surface area (Å²) in [5, 5.41) is 0. The van der Waals surface area contributed by atoms with Crippen molar-refractivity contribution < 1.29 is 0 Å². The first kappa shape index (κ1) is 7.79. The van der Waals surface area contributed by atoms with Crippen molar-refractivity contribution in [1.29, 1.82) is 0 Å². The molecule has 3 heteroatoms. The molecule has 0 aliphatic carbocycles. The van der Waals surface area contributed by atoms with Gasteiger partial charge in [-0.05, 0) is 16.1 Å². The molecule has 0 aromatic heterocycles. The summed E-state index contributed by atoms with van der Waals surface area (Å²) in [5.74, 6) is 1.05. The second kappa shape index (κ2) is 6.79. The Balaban J connectivity index is 2.56. The van der Waals surface area contributed by atoms with Gasteiger partial charge in [0.2, 0.25) is 0 Å². The first-order valence-electron chi connectivity index (χ1n) is 1.85. The molecule has 0 aromatic rings. The van der Waals surface area contributed by atoms with Crippen LogP contribution < -0.4 is 0 Å². The van der Waals surface area contributed by atoms with E-state index in [2.05, 4.69) is 12.8 Å². The van der Waals surface area contributed by atoms with Crippen LogP contribution in [-0.2, 0) is 0 Å². The fourth-order valence-corrected chi connectivity index (χ4v) is 2.48. The zero-order valence-electron chi connectivity index (χ0n) is 4.22. The van der Waals surface area contributed by atoms with Gasteiger partial charge in [-0.1, -0.05) is 27.7 Å². The summed E-state index contributed by atoms with van der Waals surface area (Å²) in [6.07, 6.45) is 3.98. The molecule has 0 rings (SSSR count). The third-order valence-corrected chi connectivity index (χ3v) is 4.10. The van der Waals surface area contributed by atoms with Gasteiger partial charge in [0.15, 0.2) is 0 Å². The average Bonchev–Trinajstić information content (AvgIpc) is 1.69. The van der Waals surface area contributed by atoms with E-state index in [4.69, 9.17) is 0 Å². The first-order valence-corrected chi connectivity index (χ1v) is 5.91. The molecule has 0 amide bonds. The van der Waals surface area contributed by atoms with Crippen molar-refractivity contribution in [2.24, 2.45) is 0 Å². The van der Waals surface area contributed by atoms with E-state index in [0.29, 0.717) is 0 Å². The molecule has 0 heterocycles. The summed E-state index contributed by atoms with van der Waals surface area (Å²) in [6.45, 7) is 3.59. The van der Waals surface area contributed by atoms with Crippen LogP contribution in [0, 0.1) is 0 Å². The molecule has 0 N–H and O–H groups in total. The average molecular weight is 152 g/mol. The Bertz CT molecular complexity index is 44.2. The van der Waals surface area contributed by atoms with Crippen molar-refractivity contribution in [3.05, 3.63) is 12.7 Å². The Kier molecular flexibility index (Phi) is 7.56. The van der Waals surface area contributed by atoms with Crippen molar-refractivity contribution in [2.75, 3.05) is 12.0 Å². The maximum Gasteiger partial charge on any atom is 0.0223 e. The molecule has 0 unspecified atom stereocenters. The monoisotopic (exact) mass is 152 g/mol. The summed E-state index contributed by atoms with van der Waals surface area (Å²) >= 11 is 0. The van der Waals surface area contributed by atoms with Crippen LogP contribution in [0.2, 0.25) is 0 Å². The van der Waals surface area contributed by atoms with Crippen molar-refractivity contribution >= 4 is 31.4 Å². The lowest BCUT2D eigenvalue weighted by atomic mass is 10.8. The third kappa shape index (κ3) is 6.79. The van der Waals surface area contributed by atoms with Crippen LogP contribution in [0.25, 0.3) is 0 Å². The van der Waals surface area contributed by atoms with Crippen LogP contribution in [0.3, 0.4) is 0 Å². The highest BCUT2D eigenvalue weighted by Gasteiger charge is 1.78. The maximum absolute atomic E-state index is 3.59. The Morgan fingerprint density at radius 2 is 2.43 bits per heavy atom. The molecule has 0 aromatic carbocycles. The van der Waals surface area contributed by atoms with Crippen LogP contribution in [-0.4, -0.2) is 12.0 Å². The quantitative estimate of drug-likeness (QED) is 0.345. The van der Waals surface area contributed by atoms with E-state index in [0.717, 1.165) is 5.75 Å². The summed E-state index contributed by atoms with van der Waals surface area (Å²) in [6, 6.07) is 0. The molecule has 42 valence electrons. The van der Waals surface area contributed by atoms with Gasteiger partial charge >= 0.3 is 0 Å². The van der Waals surface area contributed by atoms with E-state index in [1.54, 1.807) is 20.6 Å². The Morgan fingerprint density at radius 3 is 2.86 bits per heavy atom. The third-order valence-electron chi connectivity index (χ3n) is 0.302. The molecule has 0 fully saturated rings. The predicted molar refractivity (Wildman–Crippen MR) is 43.8 cm³/mol. The van der Waals surface area contributed by atoms with Gasteiger partial charge in [0.25, 0.3) is 0 Å². The molecule has 7 heavy (non-hydrogen) atoms. The highest BCUT2D eigenvalue weighted by Crippen LogP contribution is 2.31. The molecular weight excluding hydrogens is 144 g/mol. The number of hydrogen-bond donors (Lipinski definition) is 0. The van der Waals surface area contributed by atoms with Crippen molar-refractivity contribution in [3.63, 3.8) is 0 Å². The second-order valence-corrected chi connectivity index (χ2v) is 5.19. The Labute approximate surface area is 56.3 Å². The lowest BCUT2D eigenvalue weighted by molar-refractivity contribution is 1.84. The van der Waals surface area contributed by atoms with Gasteiger partial charge < -0.3 is 0 Å². The molecule has 0 spiro atoms. The highest BCUT2D eigenvalue weighted by atomic mass is 33.5. The van der Waals surface area contributed by atoms with Gasteiger partial charge in [-0.25, -0.2) is 0 Å². The van der Waals surface area contributed by atoms with E-state index in [-0.39, 0.29) is 0 Å². The van der Waals surface area contributed by atoms with Gasteiger partial charge in [-0.3, -0.25) is 0 Å². The van der Waals surface area contributed by atoms with Crippen LogP contribution in [0.1, 0.15) is 0 Å².